The molecule has 0 bridgehead atoms. The van der Waals surface area contributed by atoms with E-state index in [2.05, 4.69) is 25.6 Å². The Labute approximate surface area is 162 Å². The zero-order valence-corrected chi connectivity index (χ0v) is 15.3. The van der Waals surface area contributed by atoms with Crippen LogP contribution in [0.2, 0.25) is 0 Å². The fourth-order valence-corrected chi connectivity index (χ4v) is 3.40. The van der Waals surface area contributed by atoms with Gasteiger partial charge in [-0.2, -0.15) is 4.98 Å². The largest absolute Gasteiger partial charge is 0.351 e. The van der Waals surface area contributed by atoms with Crippen LogP contribution in [0.5, 0.6) is 0 Å². The zero-order valence-electron chi connectivity index (χ0n) is 15.3. The first-order valence-electron chi connectivity index (χ1n) is 9.45. The number of benzene rings is 1. The van der Waals surface area contributed by atoms with E-state index in [9.17, 15) is 8.78 Å². The summed E-state index contributed by atoms with van der Waals surface area (Å²) in [6, 6.07) is 9.53. The molecule has 1 aliphatic carbocycles. The molecule has 0 aliphatic heterocycles. The Balaban J connectivity index is 1.65. The second kappa shape index (κ2) is 8.29. The van der Waals surface area contributed by atoms with E-state index in [1.165, 1.54) is 25.3 Å². The third-order valence-corrected chi connectivity index (χ3v) is 4.83. The molecule has 2 N–H and O–H groups in total. The van der Waals surface area contributed by atoms with Gasteiger partial charge >= 0.3 is 0 Å². The van der Waals surface area contributed by atoms with Crippen LogP contribution in [0.3, 0.4) is 0 Å². The number of nitrogens with zero attached hydrogens (tertiary/aromatic N) is 3. The Morgan fingerprint density at radius 3 is 2.39 bits per heavy atom. The molecule has 0 saturated heterocycles. The number of anilines is 3. The van der Waals surface area contributed by atoms with Gasteiger partial charge in [0, 0.05) is 41.8 Å². The van der Waals surface area contributed by atoms with Crippen molar-refractivity contribution < 1.29 is 8.78 Å². The van der Waals surface area contributed by atoms with Crippen LogP contribution in [0.15, 0.2) is 48.8 Å². The third-order valence-electron chi connectivity index (χ3n) is 4.83. The van der Waals surface area contributed by atoms with Crippen molar-refractivity contribution in [3.05, 3.63) is 60.4 Å². The van der Waals surface area contributed by atoms with Gasteiger partial charge in [-0.05, 0) is 37.1 Å². The number of hydrogen-bond acceptors (Lipinski definition) is 5. The molecule has 1 fully saturated rings. The van der Waals surface area contributed by atoms with E-state index in [1.54, 1.807) is 18.5 Å². The van der Waals surface area contributed by atoms with E-state index < -0.39 is 11.6 Å². The molecule has 5 nitrogen and oxygen atoms in total. The monoisotopic (exact) mass is 381 g/mol. The Hall–Kier alpha value is -3.09. The molecular formula is C21H21F2N5. The quantitative estimate of drug-likeness (QED) is 0.627. The van der Waals surface area contributed by atoms with E-state index in [0.29, 0.717) is 23.5 Å². The Bertz CT molecular complexity index is 943. The molecule has 2 aromatic heterocycles. The van der Waals surface area contributed by atoms with Crippen molar-refractivity contribution in [1.29, 1.82) is 0 Å². The van der Waals surface area contributed by atoms with Gasteiger partial charge in [0.2, 0.25) is 5.95 Å². The standard InChI is InChI=1S/C21H21F2N5/c22-17-7-6-16(12-18(17)23)25-20-13-19(14-8-10-24-11-9-14)27-21(28-20)26-15-4-2-1-3-5-15/h6-13,15H,1-5H2,(H2,25,26,27,28). The second-order valence-electron chi connectivity index (χ2n) is 6.93. The van der Waals surface area contributed by atoms with Gasteiger partial charge in [-0.15, -0.1) is 0 Å². The first-order valence-corrected chi connectivity index (χ1v) is 9.45. The Morgan fingerprint density at radius 2 is 1.64 bits per heavy atom. The minimum absolute atomic E-state index is 0.345. The molecule has 1 aliphatic rings. The third kappa shape index (κ3) is 4.42. The average molecular weight is 381 g/mol. The number of hydrogen-bond donors (Lipinski definition) is 2. The molecule has 0 radical (unpaired) electrons. The number of halogens is 2. The summed E-state index contributed by atoms with van der Waals surface area (Å²) in [6.45, 7) is 0. The maximum Gasteiger partial charge on any atom is 0.225 e. The maximum absolute atomic E-state index is 13.5. The van der Waals surface area contributed by atoms with Crippen LogP contribution >= 0.6 is 0 Å². The van der Waals surface area contributed by atoms with Gasteiger partial charge in [-0.3, -0.25) is 4.98 Å². The number of nitrogens with one attached hydrogen (secondary N) is 2. The lowest BCUT2D eigenvalue weighted by atomic mass is 9.96. The second-order valence-corrected chi connectivity index (χ2v) is 6.93. The first kappa shape index (κ1) is 18.3. The highest BCUT2D eigenvalue weighted by Gasteiger charge is 2.16. The average Bonchev–Trinajstić information content (AvgIpc) is 2.72. The van der Waals surface area contributed by atoms with Crippen molar-refractivity contribution in [1.82, 2.24) is 15.0 Å². The summed E-state index contributed by atoms with van der Waals surface area (Å²) in [5.74, 6) is -0.767. The van der Waals surface area contributed by atoms with Gasteiger partial charge in [0.05, 0.1) is 5.69 Å². The molecule has 0 amide bonds. The lowest BCUT2D eigenvalue weighted by Crippen LogP contribution is -2.23. The van der Waals surface area contributed by atoms with Crippen molar-refractivity contribution in [2.45, 2.75) is 38.1 Å². The highest BCUT2D eigenvalue weighted by molar-refractivity contribution is 5.67. The van der Waals surface area contributed by atoms with E-state index in [0.717, 1.165) is 36.2 Å². The van der Waals surface area contributed by atoms with Crippen LogP contribution < -0.4 is 10.6 Å². The Morgan fingerprint density at radius 1 is 0.857 bits per heavy atom. The van der Waals surface area contributed by atoms with Crippen molar-refractivity contribution >= 4 is 17.5 Å². The van der Waals surface area contributed by atoms with Crippen molar-refractivity contribution in [3.8, 4) is 11.3 Å². The van der Waals surface area contributed by atoms with Crippen molar-refractivity contribution in [2.75, 3.05) is 10.6 Å². The van der Waals surface area contributed by atoms with Crippen LogP contribution in [0, 0.1) is 11.6 Å². The number of rotatable bonds is 5. The maximum atomic E-state index is 13.5. The smallest absolute Gasteiger partial charge is 0.225 e. The van der Waals surface area contributed by atoms with Crippen molar-refractivity contribution in [2.24, 2.45) is 0 Å². The van der Waals surface area contributed by atoms with Crippen LogP contribution in [-0.4, -0.2) is 21.0 Å². The molecule has 0 spiro atoms. The number of pyridine rings is 1. The lowest BCUT2D eigenvalue weighted by molar-refractivity contribution is 0.461. The SMILES string of the molecule is Fc1ccc(Nc2cc(-c3ccncc3)nc(NC3CCCCC3)n2)cc1F. The van der Waals surface area contributed by atoms with E-state index in [-0.39, 0.29) is 0 Å². The fraction of sp³-hybridized carbons (Fsp3) is 0.286. The first-order chi connectivity index (χ1) is 13.7. The molecule has 0 atom stereocenters. The normalized spacial score (nSPS) is 14.6. The fourth-order valence-electron chi connectivity index (χ4n) is 3.40. The van der Waals surface area contributed by atoms with Crippen LogP contribution in [0.4, 0.5) is 26.2 Å². The summed E-state index contributed by atoms with van der Waals surface area (Å²) in [5, 5.41) is 6.47. The summed E-state index contributed by atoms with van der Waals surface area (Å²) < 4.78 is 26.8. The summed E-state index contributed by atoms with van der Waals surface area (Å²) in [7, 11) is 0. The lowest BCUT2D eigenvalue weighted by Gasteiger charge is -2.23. The molecular weight excluding hydrogens is 360 g/mol. The van der Waals surface area contributed by atoms with E-state index in [1.807, 2.05) is 12.1 Å². The molecule has 144 valence electrons. The minimum atomic E-state index is -0.908. The molecule has 4 rings (SSSR count). The molecule has 7 heteroatoms. The zero-order chi connectivity index (χ0) is 19.3. The molecule has 28 heavy (non-hydrogen) atoms. The van der Waals surface area contributed by atoms with Crippen LogP contribution in [0.1, 0.15) is 32.1 Å². The molecule has 1 aromatic carbocycles. The van der Waals surface area contributed by atoms with E-state index in [4.69, 9.17) is 0 Å². The Kier molecular flexibility index (Phi) is 5.41. The number of aromatic nitrogens is 3. The van der Waals surface area contributed by atoms with Gasteiger partial charge in [0.25, 0.3) is 0 Å². The summed E-state index contributed by atoms with van der Waals surface area (Å²) in [6.07, 6.45) is 9.24. The molecule has 3 aromatic rings. The van der Waals surface area contributed by atoms with Gasteiger partial charge < -0.3 is 10.6 Å². The molecule has 2 heterocycles. The van der Waals surface area contributed by atoms with Gasteiger partial charge in [0.15, 0.2) is 11.6 Å². The summed E-state index contributed by atoms with van der Waals surface area (Å²) in [4.78, 5) is 13.2. The molecule has 1 saturated carbocycles. The summed E-state index contributed by atoms with van der Waals surface area (Å²) >= 11 is 0. The molecule has 0 unspecified atom stereocenters. The van der Waals surface area contributed by atoms with Gasteiger partial charge in [-0.25, -0.2) is 13.8 Å². The van der Waals surface area contributed by atoms with Crippen LogP contribution in [0.25, 0.3) is 11.3 Å². The minimum Gasteiger partial charge on any atom is -0.351 e. The van der Waals surface area contributed by atoms with Gasteiger partial charge in [-0.1, -0.05) is 19.3 Å². The summed E-state index contributed by atoms with van der Waals surface area (Å²) in [5.41, 5.74) is 2.04. The predicted molar refractivity (Wildman–Crippen MR) is 105 cm³/mol. The van der Waals surface area contributed by atoms with E-state index >= 15 is 0 Å². The highest BCUT2D eigenvalue weighted by atomic mass is 19.2. The topological polar surface area (TPSA) is 62.7 Å². The predicted octanol–water partition coefficient (Wildman–Crippen LogP) is 5.31. The van der Waals surface area contributed by atoms with Crippen molar-refractivity contribution in [3.63, 3.8) is 0 Å². The van der Waals surface area contributed by atoms with Gasteiger partial charge in [0.1, 0.15) is 5.82 Å². The highest BCUT2D eigenvalue weighted by Crippen LogP contribution is 2.26. The van der Waals surface area contributed by atoms with Crippen LogP contribution in [-0.2, 0) is 0 Å².